The highest BCUT2D eigenvalue weighted by atomic mass is 19.4. The Morgan fingerprint density at radius 3 is 2.42 bits per heavy atom. The molecule has 0 amide bonds. The van der Waals surface area contributed by atoms with Crippen LogP contribution < -0.4 is 4.74 Å². The van der Waals surface area contributed by atoms with Crippen LogP contribution in [0.3, 0.4) is 0 Å². The second kappa shape index (κ2) is 7.16. The summed E-state index contributed by atoms with van der Waals surface area (Å²) in [6.07, 6.45) is -4.84. The van der Waals surface area contributed by atoms with Crippen LogP contribution in [0.25, 0.3) is 11.1 Å². The highest BCUT2D eigenvalue weighted by molar-refractivity contribution is 6.40. The fraction of sp³-hybridized carbons (Fsp3) is 0.176. The van der Waals surface area contributed by atoms with E-state index < -0.39 is 23.9 Å². The molecule has 126 valence electrons. The maximum atomic E-state index is 12.5. The van der Waals surface area contributed by atoms with Crippen LogP contribution in [0.5, 0.6) is 5.75 Å². The number of halogens is 3. The summed E-state index contributed by atoms with van der Waals surface area (Å²) in [7, 11) is 0. The molecule has 0 aliphatic carbocycles. The molecule has 2 aromatic rings. The van der Waals surface area contributed by atoms with Gasteiger partial charge in [0, 0.05) is 11.1 Å². The van der Waals surface area contributed by atoms with E-state index in [0.29, 0.717) is 5.56 Å². The number of alkyl halides is 3. The van der Waals surface area contributed by atoms with Gasteiger partial charge in [0.25, 0.3) is 5.78 Å². The highest BCUT2D eigenvalue weighted by Gasteiger charge is 2.32. The third kappa shape index (κ3) is 4.34. The van der Waals surface area contributed by atoms with E-state index in [1.54, 1.807) is 13.0 Å². The summed E-state index contributed by atoms with van der Waals surface area (Å²) in [6.45, 7) is 1.61. The Balaban J connectivity index is 2.39. The van der Waals surface area contributed by atoms with Gasteiger partial charge in [-0.15, -0.1) is 13.2 Å². The molecule has 0 saturated carbocycles. The second-order valence-corrected chi connectivity index (χ2v) is 4.67. The van der Waals surface area contributed by atoms with Crippen molar-refractivity contribution in [3.63, 3.8) is 0 Å². The molecule has 0 heterocycles. The van der Waals surface area contributed by atoms with Crippen molar-refractivity contribution in [1.29, 1.82) is 0 Å². The number of rotatable bonds is 5. The average Bonchev–Trinajstić information content (AvgIpc) is 2.53. The van der Waals surface area contributed by atoms with E-state index in [-0.39, 0.29) is 17.7 Å². The zero-order valence-electron chi connectivity index (χ0n) is 12.6. The summed E-state index contributed by atoms with van der Waals surface area (Å²) in [5.41, 5.74) is 0.478. The van der Waals surface area contributed by atoms with Crippen LogP contribution >= 0.6 is 0 Å². The van der Waals surface area contributed by atoms with Crippen molar-refractivity contribution in [1.82, 2.24) is 0 Å². The number of Topliss-reactive ketones (excluding diaryl/α,β-unsaturated/α-hetero) is 1. The number of hydrogen-bond donors (Lipinski definition) is 0. The van der Waals surface area contributed by atoms with E-state index in [1.807, 2.05) is 0 Å². The molecule has 24 heavy (non-hydrogen) atoms. The minimum atomic E-state index is -4.84. The molecule has 2 aromatic carbocycles. The van der Waals surface area contributed by atoms with Gasteiger partial charge in [0.1, 0.15) is 5.75 Å². The number of esters is 1. The molecule has 0 aliphatic heterocycles. The normalized spacial score (nSPS) is 11.0. The lowest BCUT2D eigenvalue weighted by Crippen LogP contribution is -2.18. The lowest BCUT2D eigenvalue weighted by molar-refractivity contribution is -0.274. The Morgan fingerprint density at radius 2 is 1.75 bits per heavy atom. The first-order chi connectivity index (χ1) is 11.3. The average molecular weight is 338 g/mol. The Bertz CT molecular complexity index is 753. The van der Waals surface area contributed by atoms with Gasteiger partial charge in [0.05, 0.1) is 6.61 Å². The van der Waals surface area contributed by atoms with Gasteiger partial charge in [0.2, 0.25) is 0 Å². The van der Waals surface area contributed by atoms with Gasteiger partial charge in [-0.05, 0) is 24.6 Å². The lowest BCUT2D eigenvalue weighted by atomic mass is 10.0. The number of carbonyl (C=O) groups is 2. The van der Waals surface area contributed by atoms with E-state index in [9.17, 15) is 22.8 Å². The smallest absolute Gasteiger partial charge is 0.460 e. The van der Waals surface area contributed by atoms with Crippen LogP contribution in [0.4, 0.5) is 13.2 Å². The summed E-state index contributed by atoms with van der Waals surface area (Å²) in [6, 6.07) is 11.2. The quantitative estimate of drug-likeness (QED) is 0.470. The number of hydrogen-bond acceptors (Lipinski definition) is 4. The van der Waals surface area contributed by atoms with Gasteiger partial charge in [-0.1, -0.05) is 36.4 Å². The van der Waals surface area contributed by atoms with Crippen LogP contribution in [0.2, 0.25) is 0 Å². The standard InChI is InChI=1S/C17H13F3O4/c1-2-23-16(22)15(21)12-7-5-6-11(10-12)13-8-3-4-9-14(13)24-17(18,19)20/h3-10H,2H2,1H3. The van der Waals surface area contributed by atoms with Crippen LogP contribution in [0.15, 0.2) is 48.5 Å². The highest BCUT2D eigenvalue weighted by Crippen LogP contribution is 2.34. The van der Waals surface area contributed by atoms with Crippen LogP contribution in [-0.4, -0.2) is 24.7 Å². The largest absolute Gasteiger partial charge is 0.573 e. The summed E-state index contributed by atoms with van der Waals surface area (Å²) < 4.78 is 46.1. The molecule has 0 atom stereocenters. The van der Waals surface area contributed by atoms with Crippen molar-refractivity contribution in [3.05, 3.63) is 54.1 Å². The molecule has 7 heteroatoms. The summed E-state index contributed by atoms with van der Waals surface area (Å²) in [5, 5.41) is 0. The Labute approximate surface area is 135 Å². The van der Waals surface area contributed by atoms with Gasteiger partial charge in [-0.3, -0.25) is 4.79 Å². The molecule has 0 N–H and O–H groups in total. The monoisotopic (exact) mass is 338 g/mol. The van der Waals surface area contributed by atoms with Gasteiger partial charge in [-0.25, -0.2) is 4.79 Å². The van der Waals surface area contributed by atoms with E-state index in [1.165, 1.54) is 42.5 Å². The fourth-order valence-electron chi connectivity index (χ4n) is 2.06. The number of ether oxygens (including phenoxy) is 2. The zero-order chi connectivity index (χ0) is 17.7. The van der Waals surface area contributed by atoms with Gasteiger partial charge in [-0.2, -0.15) is 0 Å². The Kier molecular flexibility index (Phi) is 5.23. The number of ketones is 1. The second-order valence-electron chi connectivity index (χ2n) is 4.67. The molecular formula is C17H13F3O4. The molecule has 0 bridgehead atoms. The van der Waals surface area contributed by atoms with Crippen molar-refractivity contribution >= 4 is 11.8 Å². The van der Waals surface area contributed by atoms with Gasteiger partial charge in [0.15, 0.2) is 0 Å². The van der Waals surface area contributed by atoms with E-state index in [0.717, 1.165) is 0 Å². The lowest BCUT2D eigenvalue weighted by Gasteiger charge is -2.13. The number of carbonyl (C=O) groups excluding carboxylic acids is 2. The molecule has 0 unspecified atom stereocenters. The number of para-hydroxylation sites is 1. The van der Waals surface area contributed by atoms with Crippen LogP contribution in [-0.2, 0) is 9.53 Å². The van der Waals surface area contributed by atoms with Crippen molar-refractivity contribution in [2.45, 2.75) is 13.3 Å². The van der Waals surface area contributed by atoms with Gasteiger partial charge >= 0.3 is 12.3 Å². The van der Waals surface area contributed by atoms with Crippen molar-refractivity contribution in [2.75, 3.05) is 6.61 Å². The minimum absolute atomic E-state index is 0.0211. The Morgan fingerprint density at radius 1 is 1.04 bits per heavy atom. The molecule has 2 rings (SSSR count). The fourth-order valence-corrected chi connectivity index (χ4v) is 2.06. The molecule has 0 radical (unpaired) electrons. The van der Waals surface area contributed by atoms with E-state index in [4.69, 9.17) is 0 Å². The molecule has 0 saturated heterocycles. The van der Waals surface area contributed by atoms with Crippen LogP contribution in [0.1, 0.15) is 17.3 Å². The SMILES string of the molecule is CCOC(=O)C(=O)c1cccc(-c2ccccc2OC(F)(F)F)c1. The molecular weight excluding hydrogens is 325 g/mol. The topological polar surface area (TPSA) is 52.6 Å². The van der Waals surface area contributed by atoms with Gasteiger partial charge < -0.3 is 9.47 Å². The maximum absolute atomic E-state index is 12.5. The number of benzene rings is 2. The molecule has 0 aliphatic rings. The minimum Gasteiger partial charge on any atom is -0.460 e. The Hall–Kier alpha value is -2.83. The third-order valence-corrected chi connectivity index (χ3v) is 3.01. The van der Waals surface area contributed by atoms with E-state index in [2.05, 4.69) is 9.47 Å². The molecule has 0 aromatic heterocycles. The van der Waals surface area contributed by atoms with Crippen LogP contribution in [0, 0.1) is 0 Å². The summed E-state index contributed by atoms with van der Waals surface area (Å²) in [4.78, 5) is 23.4. The van der Waals surface area contributed by atoms with Crippen molar-refractivity contribution in [3.8, 4) is 16.9 Å². The van der Waals surface area contributed by atoms with Crippen molar-refractivity contribution < 1.29 is 32.2 Å². The third-order valence-electron chi connectivity index (χ3n) is 3.01. The zero-order valence-corrected chi connectivity index (χ0v) is 12.6. The summed E-state index contributed by atoms with van der Waals surface area (Å²) in [5.74, 6) is -2.28. The first kappa shape index (κ1) is 17.5. The first-order valence-electron chi connectivity index (χ1n) is 6.98. The van der Waals surface area contributed by atoms with Crippen molar-refractivity contribution in [2.24, 2.45) is 0 Å². The predicted octanol–water partition coefficient (Wildman–Crippen LogP) is 4.00. The summed E-state index contributed by atoms with van der Waals surface area (Å²) >= 11 is 0. The molecule has 4 nitrogen and oxygen atoms in total. The molecule has 0 fully saturated rings. The predicted molar refractivity (Wildman–Crippen MR) is 79.5 cm³/mol. The maximum Gasteiger partial charge on any atom is 0.573 e. The molecule has 0 spiro atoms. The first-order valence-corrected chi connectivity index (χ1v) is 6.98. The van der Waals surface area contributed by atoms with E-state index >= 15 is 0 Å².